The molecule has 0 unspecified atom stereocenters. The lowest BCUT2D eigenvalue weighted by Gasteiger charge is -2.36. The number of nitrogens with zero attached hydrogens (tertiary/aromatic N) is 3. The van der Waals surface area contributed by atoms with Crippen molar-refractivity contribution in [2.45, 2.75) is 25.8 Å². The average molecular weight is 415 g/mol. The van der Waals surface area contributed by atoms with Gasteiger partial charge in [-0.1, -0.05) is 18.3 Å². The van der Waals surface area contributed by atoms with Gasteiger partial charge in [-0.2, -0.15) is 4.31 Å². The maximum atomic E-state index is 13.2. The molecule has 1 aromatic carbocycles. The molecule has 1 aliphatic heterocycles. The molecular formula is C17H23FN4O3S2. The summed E-state index contributed by atoms with van der Waals surface area (Å²) in [7, 11) is -3.21. The summed E-state index contributed by atoms with van der Waals surface area (Å²) < 4.78 is 39.1. The molecule has 0 aliphatic carbocycles. The predicted molar refractivity (Wildman–Crippen MR) is 105 cm³/mol. The fourth-order valence-corrected chi connectivity index (χ4v) is 5.57. The second-order valence-electron chi connectivity index (χ2n) is 6.65. The average Bonchev–Trinajstić information content (AvgIpc) is 2.96. The monoisotopic (exact) mass is 414 g/mol. The van der Waals surface area contributed by atoms with Crippen LogP contribution in [0.4, 0.5) is 9.52 Å². The third-order valence-electron chi connectivity index (χ3n) is 4.67. The Labute approximate surface area is 162 Å². The molecule has 2 aromatic rings. The van der Waals surface area contributed by atoms with Gasteiger partial charge in [0.15, 0.2) is 5.13 Å². The van der Waals surface area contributed by atoms with Crippen LogP contribution in [0.25, 0.3) is 10.2 Å². The van der Waals surface area contributed by atoms with Gasteiger partial charge in [0.2, 0.25) is 15.9 Å². The third kappa shape index (κ3) is 5.01. The Morgan fingerprint density at radius 3 is 2.74 bits per heavy atom. The first-order valence-electron chi connectivity index (χ1n) is 8.81. The highest BCUT2D eigenvalue weighted by Gasteiger charge is 2.29. The van der Waals surface area contributed by atoms with Crippen molar-refractivity contribution < 1.29 is 17.6 Å². The Balaban J connectivity index is 1.53. The van der Waals surface area contributed by atoms with Crippen LogP contribution >= 0.6 is 11.3 Å². The van der Waals surface area contributed by atoms with Crippen molar-refractivity contribution in [1.29, 1.82) is 0 Å². The number of halogens is 1. The molecule has 7 nitrogen and oxygen atoms in total. The number of benzene rings is 1. The van der Waals surface area contributed by atoms with Gasteiger partial charge in [0.25, 0.3) is 0 Å². The highest BCUT2D eigenvalue weighted by atomic mass is 32.2. The number of fused-ring (bicyclic) bond motifs is 1. The summed E-state index contributed by atoms with van der Waals surface area (Å²) in [5.41, 5.74) is 0.651. The number of hydrogen-bond donors (Lipinski definition) is 1. The van der Waals surface area contributed by atoms with Gasteiger partial charge in [0.1, 0.15) is 5.82 Å². The van der Waals surface area contributed by atoms with Crippen molar-refractivity contribution in [3.63, 3.8) is 0 Å². The Morgan fingerprint density at radius 2 is 2.11 bits per heavy atom. The van der Waals surface area contributed by atoms with Crippen LogP contribution in [0.15, 0.2) is 18.2 Å². The Bertz CT molecular complexity index is 923. The number of likely N-dealkylation sites (tertiary alicyclic amines) is 1. The van der Waals surface area contributed by atoms with Crippen molar-refractivity contribution in [2.75, 3.05) is 37.8 Å². The summed E-state index contributed by atoms with van der Waals surface area (Å²) in [5.74, 6) is -0.509. The van der Waals surface area contributed by atoms with Gasteiger partial charge in [0.05, 0.1) is 23.0 Å². The second-order valence-corrected chi connectivity index (χ2v) is 9.62. The van der Waals surface area contributed by atoms with Crippen LogP contribution in [0.2, 0.25) is 0 Å². The lowest BCUT2D eigenvalue weighted by Crippen LogP contribution is -2.48. The molecule has 1 aliphatic rings. The first-order chi connectivity index (χ1) is 12.8. The van der Waals surface area contributed by atoms with E-state index >= 15 is 0 Å². The van der Waals surface area contributed by atoms with Crippen molar-refractivity contribution in [1.82, 2.24) is 14.2 Å². The van der Waals surface area contributed by atoms with Crippen molar-refractivity contribution >= 4 is 42.6 Å². The van der Waals surface area contributed by atoms with E-state index in [1.165, 1.54) is 34.0 Å². The summed E-state index contributed by atoms with van der Waals surface area (Å²) >= 11 is 1.24. The van der Waals surface area contributed by atoms with Gasteiger partial charge in [-0.25, -0.2) is 17.8 Å². The highest BCUT2D eigenvalue weighted by Crippen LogP contribution is 2.26. The van der Waals surface area contributed by atoms with Crippen LogP contribution in [-0.4, -0.2) is 67.0 Å². The fourth-order valence-electron chi connectivity index (χ4n) is 3.44. The Morgan fingerprint density at radius 1 is 1.41 bits per heavy atom. The van der Waals surface area contributed by atoms with E-state index in [0.29, 0.717) is 47.8 Å². The maximum Gasteiger partial charge on any atom is 0.240 e. The molecule has 148 valence electrons. The van der Waals surface area contributed by atoms with E-state index in [4.69, 9.17) is 0 Å². The van der Waals surface area contributed by atoms with Crippen LogP contribution in [0.5, 0.6) is 0 Å². The summed E-state index contributed by atoms with van der Waals surface area (Å²) in [5, 5.41) is 3.21. The summed E-state index contributed by atoms with van der Waals surface area (Å²) in [6.45, 7) is 3.85. The van der Waals surface area contributed by atoms with Crippen LogP contribution in [0, 0.1) is 5.82 Å². The lowest BCUT2D eigenvalue weighted by molar-refractivity contribution is -0.117. The molecule has 2 heterocycles. The number of thiazole rings is 1. The lowest BCUT2D eigenvalue weighted by atomic mass is 10.1. The number of aromatic nitrogens is 1. The first kappa shape index (κ1) is 20.1. The Hall–Kier alpha value is -1.62. The smallest absolute Gasteiger partial charge is 0.240 e. The number of rotatable bonds is 6. The molecule has 0 radical (unpaired) electrons. The SMILES string of the molecule is CCN(C1CCN(CC(=O)Nc2nc3ccc(F)cc3s2)CC1)S(C)(=O)=O. The molecule has 0 bridgehead atoms. The van der Waals surface area contributed by atoms with Crippen LogP contribution < -0.4 is 5.32 Å². The van der Waals surface area contributed by atoms with Gasteiger partial charge < -0.3 is 5.32 Å². The zero-order valence-corrected chi connectivity index (χ0v) is 16.9. The number of anilines is 1. The minimum absolute atomic E-state index is 0.0107. The summed E-state index contributed by atoms with van der Waals surface area (Å²) in [6, 6.07) is 4.31. The van der Waals surface area contributed by atoms with Crippen LogP contribution in [0.3, 0.4) is 0 Å². The number of amides is 1. The minimum atomic E-state index is -3.21. The Kier molecular flexibility index (Phi) is 6.09. The van der Waals surface area contributed by atoms with Gasteiger partial charge in [-0.3, -0.25) is 9.69 Å². The summed E-state index contributed by atoms with van der Waals surface area (Å²) in [6.07, 6.45) is 2.64. The zero-order chi connectivity index (χ0) is 19.6. The minimum Gasteiger partial charge on any atom is -0.301 e. The first-order valence-corrected chi connectivity index (χ1v) is 11.5. The van der Waals surface area contributed by atoms with E-state index in [9.17, 15) is 17.6 Å². The maximum absolute atomic E-state index is 13.2. The fraction of sp³-hybridized carbons (Fsp3) is 0.529. The quantitative estimate of drug-likeness (QED) is 0.783. The molecule has 0 spiro atoms. The largest absolute Gasteiger partial charge is 0.301 e. The molecule has 1 N–H and O–H groups in total. The predicted octanol–water partition coefficient (Wildman–Crippen LogP) is 2.12. The number of nitrogens with one attached hydrogen (secondary N) is 1. The number of carbonyl (C=O) groups is 1. The topological polar surface area (TPSA) is 82.6 Å². The molecule has 0 atom stereocenters. The van der Waals surface area contributed by atoms with E-state index in [1.807, 2.05) is 11.8 Å². The standard InChI is InChI=1S/C17H23FN4O3S2/c1-3-22(27(2,24)25)13-6-8-21(9-7-13)11-16(23)20-17-19-14-5-4-12(18)10-15(14)26-17/h4-5,10,13H,3,6-9,11H2,1-2H3,(H,19,20,23). The van der Waals surface area contributed by atoms with E-state index in [2.05, 4.69) is 10.3 Å². The molecule has 0 saturated carbocycles. The zero-order valence-electron chi connectivity index (χ0n) is 15.3. The van der Waals surface area contributed by atoms with E-state index in [1.54, 1.807) is 6.07 Å². The van der Waals surface area contributed by atoms with Gasteiger partial charge in [-0.05, 0) is 31.0 Å². The van der Waals surface area contributed by atoms with Crippen molar-refractivity contribution in [3.8, 4) is 0 Å². The second kappa shape index (κ2) is 8.17. The molecule has 3 rings (SSSR count). The molecular weight excluding hydrogens is 391 g/mol. The van der Waals surface area contributed by atoms with Gasteiger partial charge >= 0.3 is 0 Å². The van der Waals surface area contributed by atoms with E-state index in [0.717, 1.165) is 0 Å². The number of piperidine rings is 1. The molecule has 1 fully saturated rings. The molecule has 1 amide bonds. The van der Waals surface area contributed by atoms with Crippen LogP contribution in [0.1, 0.15) is 19.8 Å². The van der Waals surface area contributed by atoms with Gasteiger partial charge in [0, 0.05) is 25.7 Å². The highest BCUT2D eigenvalue weighted by molar-refractivity contribution is 7.88. The number of carbonyl (C=O) groups excluding carboxylic acids is 1. The third-order valence-corrected chi connectivity index (χ3v) is 7.01. The molecule has 1 saturated heterocycles. The van der Waals surface area contributed by atoms with Crippen molar-refractivity contribution in [2.24, 2.45) is 0 Å². The van der Waals surface area contributed by atoms with E-state index in [-0.39, 0.29) is 24.3 Å². The summed E-state index contributed by atoms with van der Waals surface area (Å²) in [4.78, 5) is 18.6. The molecule has 10 heteroatoms. The molecule has 27 heavy (non-hydrogen) atoms. The molecule has 1 aromatic heterocycles. The number of sulfonamides is 1. The normalized spacial score (nSPS) is 16.9. The van der Waals surface area contributed by atoms with Crippen LogP contribution in [-0.2, 0) is 14.8 Å². The van der Waals surface area contributed by atoms with E-state index < -0.39 is 10.0 Å². The number of hydrogen-bond acceptors (Lipinski definition) is 6. The van der Waals surface area contributed by atoms with Crippen molar-refractivity contribution in [3.05, 3.63) is 24.0 Å². The van der Waals surface area contributed by atoms with Gasteiger partial charge in [-0.15, -0.1) is 0 Å².